The molecule has 0 saturated carbocycles. The molecule has 2 aromatic rings. The van der Waals surface area contributed by atoms with Crippen molar-refractivity contribution in [3.63, 3.8) is 0 Å². The van der Waals surface area contributed by atoms with Crippen molar-refractivity contribution in [2.75, 3.05) is 23.9 Å². The van der Waals surface area contributed by atoms with Crippen LogP contribution < -0.4 is 15.5 Å². The number of anilines is 1. The van der Waals surface area contributed by atoms with E-state index in [2.05, 4.69) is 10.4 Å². The van der Waals surface area contributed by atoms with E-state index in [1.165, 1.54) is 23.9 Å². The molecule has 140 valence electrons. The summed E-state index contributed by atoms with van der Waals surface area (Å²) < 4.78 is 31.5. The summed E-state index contributed by atoms with van der Waals surface area (Å²) in [4.78, 5) is 24.5. The van der Waals surface area contributed by atoms with Crippen LogP contribution in [-0.2, 0) is 16.9 Å². The normalized spacial score (nSPS) is 18.7. The summed E-state index contributed by atoms with van der Waals surface area (Å²) in [6.45, 7) is 1.76. The van der Waals surface area contributed by atoms with Gasteiger partial charge >= 0.3 is 0 Å². The van der Waals surface area contributed by atoms with E-state index < -0.39 is 21.2 Å². The number of carbonyl (C=O) groups is 1. The first kappa shape index (κ1) is 18.2. The summed E-state index contributed by atoms with van der Waals surface area (Å²) in [5, 5.41) is 7.04. The molecule has 0 spiro atoms. The fourth-order valence-corrected chi connectivity index (χ4v) is 4.71. The molecule has 10 heteroatoms. The molecule has 1 saturated heterocycles. The smallest absolute Gasteiger partial charge is 0.273 e. The highest BCUT2D eigenvalue weighted by molar-refractivity contribution is 7.91. The highest BCUT2D eigenvalue weighted by atomic mass is 32.2. The van der Waals surface area contributed by atoms with Crippen LogP contribution in [0.15, 0.2) is 23.1 Å². The lowest BCUT2D eigenvalue weighted by atomic mass is 10.2. The molecule has 1 N–H and O–H groups in total. The van der Waals surface area contributed by atoms with Crippen LogP contribution in [0.3, 0.4) is 0 Å². The Bertz CT molecular complexity index is 1020. The number of nitrogens with zero attached hydrogens (tertiary/aromatic N) is 3. The second-order valence-electron chi connectivity index (χ2n) is 6.33. The van der Waals surface area contributed by atoms with Crippen molar-refractivity contribution >= 4 is 21.6 Å². The Kier molecular flexibility index (Phi) is 4.61. The summed E-state index contributed by atoms with van der Waals surface area (Å²) in [6.07, 6.45) is 1.89. The van der Waals surface area contributed by atoms with Crippen molar-refractivity contribution in [1.82, 2.24) is 14.3 Å². The summed E-state index contributed by atoms with van der Waals surface area (Å²) in [6, 6.07) is 2.55. The number of ether oxygens (including phenoxy) is 1. The topological polar surface area (TPSA) is 112 Å². The molecule has 3 heterocycles. The van der Waals surface area contributed by atoms with Crippen LogP contribution in [0.4, 0.5) is 5.82 Å². The Balaban J connectivity index is 1.89. The second-order valence-corrected chi connectivity index (χ2v) is 8.56. The quantitative estimate of drug-likeness (QED) is 0.827. The zero-order valence-electron chi connectivity index (χ0n) is 14.7. The van der Waals surface area contributed by atoms with Crippen molar-refractivity contribution in [1.29, 1.82) is 0 Å². The first-order chi connectivity index (χ1) is 12.2. The molecule has 0 aliphatic carbocycles. The van der Waals surface area contributed by atoms with E-state index in [1.54, 1.807) is 24.7 Å². The molecule has 2 aromatic heterocycles. The molecule has 0 bridgehead atoms. The maximum Gasteiger partial charge on any atom is 0.273 e. The number of aromatic nitrogens is 3. The molecule has 1 aliphatic heterocycles. The van der Waals surface area contributed by atoms with Crippen LogP contribution in [0.5, 0.6) is 5.75 Å². The first-order valence-electron chi connectivity index (χ1n) is 8.03. The van der Waals surface area contributed by atoms with Crippen LogP contribution in [-0.4, -0.2) is 47.3 Å². The number of hydrogen-bond donors (Lipinski definition) is 1. The molecule has 1 aliphatic rings. The lowest BCUT2D eigenvalue weighted by Crippen LogP contribution is -2.24. The average molecular weight is 380 g/mol. The molecule has 3 rings (SSSR count). The van der Waals surface area contributed by atoms with Gasteiger partial charge in [-0.3, -0.25) is 9.59 Å². The number of pyridine rings is 1. The van der Waals surface area contributed by atoms with Crippen molar-refractivity contribution in [2.45, 2.75) is 19.4 Å². The minimum Gasteiger partial charge on any atom is -0.491 e. The highest BCUT2D eigenvalue weighted by Gasteiger charge is 2.31. The van der Waals surface area contributed by atoms with Crippen LogP contribution in [0.2, 0.25) is 0 Å². The number of rotatable bonds is 4. The SMILES string of the molecule is COc1cn(C)c(C(=O)Nc2cc(C)nn2C2CCS(=O)(=O)C2)cc1=O. The minimum atomic E-state index is -3.08. The number of carbonyl (C=O) groups excluding carboxylic acids is 1. The Morgan fingerprint density at radius 2 is 2.12 bits per heavy atom. The lowest BCUT2D eigenvalue weighted by molar-refractivity contribution is 0.101. The Hall–Kier alpha value is -2.62. The molecule has 1 amide bonds. The van der Waals surface area contributed by atoms with Gasteiger partial charge in [0, 0.05) is 19.2 Å². The largest absolute Gasteiger partial charge is 0.491 e. The molecular weight excluding hydrogens is 360 g/mol. The fourth-order valence-electron chi connectivity index (χ4n) is 3.02. The van der Waals surface area contributed by atoms with Crippen molar-refractivity contribution in [3.8, 4) is 5.75 Å². The Morgan fingerprint density at radius 1 is 1.38 bits per heavy atom. The number of methoxy groups -OCH3 is 1. The van der Waals surface area contributed by atoms with Crippen molar-refractivity contribution in [2.24, 2.45) is 7.05 Å². The number of aryl methyl sites for hydroxylation is 2. The standard InChI is InChI=1S/C16H20N4O5S/c1-10-6-15(20(18-10)11-4-5-26(23,24)9-11)17-16(22)12-7-13(21)14(25-3)8-19(12)2/h6-8,11H,4-5,9H2,1-3H3,(H,17,22). The van der Waals surface area contributed by atoms with Gasteiger partial charge in [-0.1, -0.05) is 0 Å². The van der Waals surface area contributed by atoms with Gasteiger partial charge in [0.1, 0.15) is 11.5 Å². The molecular formula is C16H20N4O5S. The van der Waals surface area contributed by atoms with Gasteiger partial charge in [0.15, 0.2) is 15.6 Å². The average Bonchev–Trinajstić information content (AvgIpc) is 3.10. The minimum absolute atomic E-state index is 0.00197. The lowest BCUT2D eigenvalue weighted by Gasteiger charge is -2.15. The monoisotopic (exact) mass is 380 g/mol. The van der Waals surface area contributed by atoms with E-state index in [0.717, 1.165) is 0 Å². The first-order valence-corrected chi connectivity index (χ1v) is 9.85. The van der Waals surface area contributed by atoms with Gasteiger partial charge in [0.05, 0.1) is 36.5 Å². The van der Waals surface area contributed by atoms with Crippen LogP contribution in [0.25, 0.3) is 0 Å². The van der Waals surface area contributed by atoms with E-state index >= 15 is 0 Å². The molecule has 1 fully saturated rings. The predicted octanol–water partition coefficient (Wildman–Crippen LogP) is 0.511. The highest BCUT2D eigenvalue weighted by Crippen LogP contribution is 2.27. The van der Waals surface area contributed by atoms with Crippen molar-refractivity contribution < 1.29 is 17.9 Å². The van der Waals surface area contributed by atoms with Crippen molar-refractivity contribution in [3.05, 3.63) is 39.9 Å². The maximum absolute atomic E-state index is 12.6. The number of hydrogen-bond acceptors (Lipinski definition) is 6. The Morgan fingerprint density at radius 3 is 2.73 bits per heavy atom. The zero-order valence-corrected chi connectivity index (χ0v) is 15.5. The van der Waals surface area contributed by atoms with Gasteiger partial charge in [-0.25, -0.2) is 13.1 Å². The third kappa shape index (κ3) is 3.50. The molecule has 0 aromatic carbocycles. The van der Waals surface area contributed by atoms with Gasteiger partial charge in [0.25, 0.3) is 5.91 Å². The number of amides is 1. The number of sulfone groups is 1. The van der Waals surface area contributed by atoms with E-state index in [0.29, 0.717) is 17.9 Å². The Labute approximate surface area is 150 Å². The predicted molar refractivity (Wildman–Crippen MR) is 95.5 cm³/mol. The summed E-state index contributed by atoms with van der Waals surface area (Å²) >= 11 is 0. The van der Waals surface area contributed by atoms with Crippen LogP contribution >= 0.6 is 0 Å². The molecule has 0 radical (unpaired) electrons. The third-order valence-corrected chi connectivity index (χ3v) is 6.06. The van der Waals surface area contributed by atoms with E-state index in [9.17, 15) is 18.0 Å². The third-order valence-electron chi connectivity index (χ3n) is 4.31. The van der Waals surface area contributed by atoms with E-state index in [1.807, 2.05) is 0 Å². The molecule has 1 unspecified atom stereocenters. The number of nitrogens with one attached hydrogen (secondary N) is 1. The molecule has 1 atom stereocenters. The second kappa shape index (κ2) is 6.60. The van der Waals surface area contributed by atoms with Gasteiger partial charge in [-0.05, 0) is 13.3 Å². The van der Waals surface area contributed by atoms with Gasteiger partial charge in [0.2, 0.25) is 5.43 Å². The van der Waals surface area contributed by atoms with Crippen LogP contribution in [0.1, 0.15) is 28.6 Å². The molecule has 26 heavy (non-hydrogen) atoms. The fraction of sp³-hybridized carbons (Fsp3) is 0.438. The summed E-state index contributed by atoms with van der Waals surface area (Å²) in [5.74, 6) is 0.155. The van der Waals surface area contributed by atoms with Gasteiger partial charge < -0.3 is 14.6 Å². The summed E-state index contributed by atoms with van der Waals surface area (Å²) in [7, 11) is -0.0743. The van der Waals surface area contributed by atoms with Gasteiger partial charge in [-0.2, -0.15) is 5.10 Å². The van der Waals surface area contributed by atoms with E-state index in [-0.39, 0.29) is 29.0 Å². The zero-order chi connectivity index (χ0) is 19.1. The maximum atomic E-state index is 12.6. The van der Waals surface area contributed by atoms with E-state index in [4.69, 9.17) is 4.74 Å². The van der Waals surface area contributed by atoms with Crippen LogP contribution in [0, 0.1) is 6.92 Å². The summed E-state index contributed by atoms with van der Waals surface area (Å²) in [5.41, 5.74) is 0.413. The van der Waals surface area contributed by atoms with Gasteiger partial charge in [-0.15, -0.1) is 0 Å². The molecule has 9 nitrogen and oxygen atoms in total.